The molecule has 0 aliphatic heterocycles. The molecule has 0 saturated heterocycles. The van der Waals surface area contributed by atoms with E-state index < -0.39 is 189 Å². The predicted molar refractivity (Wildman–Crippen MR) is 272 cm³/mol. The van der Waals surface area contributed by atoms with Crippen LogP contribution < -0.4 is 70.2 Å². The number of phosphoric ester groups is 10. The minimum atomic E-state index is -5.15. The van der Waals surface area contributed by atoms with E-state index >= 15 is 0 Å². The summed E-state index contributed by atoms with van der Waals surface area (Å²) in [7, 11) is -42.6. The first-order valence-electron chi connectivity index (χ1n) is 24.2. The highest BCUT2D eigenvalue weighted by Gasteiger charge is 2.21. The summed E-state index contributed by atoms with van der Waals surface area (Å²) in [6.45, 7) is -6.76. The second-order valence-electron chi connectivity index (χ2n) is 16.4. The number of nitrogens with one attached hydrogen (secondary N) is 4. The lowest BCUT2D eigenvalue weighted by molar-refractivity contribution is -0.238. The van der Waals surface area contributed by atoms with Gasteiger partial charge in [-0.15, -0.1) is 0 Å². The number of rotatable bonds is 54. The lowest BCUT2D eigenvalue weighted by atomic mass is 10.2. The normalized spacial score (nSPS) is 20.4. The molecular formula is C32H74N4O41P10-10. The molecule has 14 unspecified atom stereocenters. The molecule has 87 heavy (non-hydrogen) atoms. The first-order valence-corrected chi connectivity index (χ1v) is 38.9. The summed E-state index contributed by atoms with van der Waals surface area (Å²) < 4.78 is 186. The van der Waals surface area contributed by atoms with Crippen molar-refractivity contribution in [1.82, 2.24) is 21.3 Å². The van der Waals surface area contributed by atoms with Crippen molar-refractivity contribution in [3.63, 3.8) is 0 Å². The average Bonchev–Trinajstić information content (AvgIpc) is 3.62. The Labute approximate surface area is 500 Å². The third kappa shape index (κ3) is 64.0. The van der Waals surface area contributed by atoms with E-state index in [0.29, 0.717) is 13.1 Å². The van der Waals surface area contributed by atoms with Crippen molar-refractivity contribution in [2.45, 2.75) is 13.8 Å². The molecule has 0 aliphatic rings. The van der Waals surface area contributed by atoms with Crippen LogP contribution in [0.4, 0.5) is 0 Å². The van der Waals surface area contributed by atoms with Gasteiger partial charge in [-0.05, 0) is 53.1 Å². The highest BCUT2D eigenvalue weighted by molar-refractivity contribution is 7.48. The molecule has 0 saturated carbocycles. The third-order valence-electron chi connectivity index (χ3n) is 8.30. The molecule has 45 nitrogen and oxygen atoms in total. The molecule has 0 aromatic heterocycles. The summed E-state index contributed by atoms with van der Waals surface area (Å²) in [6.07, 6.45) is 0. The molecule has 0 aromatic rings. The summed E-state index contributed by atoms with van der Waals surface area (Å²) in [4.78, 5) is 137. The quantitative estimate of drug-likeness (QED) is 0.0207. The number of hydrogen-bond donors (Lipinski definition) is 8. The Morgan fingerprint density at radius 1 is 0.287 bits per heavy atom. The molecule has 0 radical (unpaired) electrons. The minimum Gasteiger partial charge on any atom is -0.756 e. The van der Waals surface area contributed by atoms with Crippen LogP contribution in [0.5, 0.6) is 0 Å². The van der Waals surface area contributed by atoms with Gasteiger partial charge in [0.2, 0.25) is 0 Å². The molecule has 14 atom stereocenters. The molecule has 0 rings (SSSR count). The zero-order chi connectivity index (χ0) is 67.7. The first-order chi connectivity index (χ1) is 39.8. The van der Waals surface area contributed by atoms with Gasteiger partial charge in [-0.25, -0.2) is 0 Å². The molecule has 0 aromatic carbocycles. The third-order valence-corrected chi connectivity index (χ3v) is 16.6. The summed E-state index contributed by atoms with van der Waals surface area (Å²) in [5, 5.41) is 20.1. The zero-order valence-electron chi connectivity index (χ0n) is 47.2. The monoisotopic (exact) mass is 1480 g/mol. The van der Waals surface area contributed by atoms with Crippen LogP contribution in [-0.2, 0) is 123 Å². The molecular weight excluding hydrogens is 1410 g/mol. The maximum atomic E-state index is 11.8. The summed E-state index contributed by atoms with van der Waals surface area (Å²) in [5.74, 6) is -1.50. The van der Waals surface area contributed by atoms with Crippen molar-refractivity contribution in [1.29, 1.82) is 0 Å². The summed E-state index contributed by atoms with van der Waals surface area (Å²) >= 11 is 0. The number of hydrogen-bond acceptors (Lipinski definition) is 42. The molecule has 0 bridgehead atoms. The Morgan fingerprint density at radius 3 is 0.690 bits per heavy atom. The molecule has 55 heteroatoms. The fourth-order valence-corrected chi connectivity index (χ4v) is 11.0. The van der Waals surface area contributed by atoms with Gasteiger partial charge in [0.05, 0.1) is 112 Å². The molecule has 8 N–H and O–H groups in total. The highest BCUT2D eigenvalue weighted by atomic mass is 31.2. The van der Waals surface area contributed by atoms with Crippen LogP contribution in [0.1, 0.15) is 13.8 Å². The SMILES string of the molecule is CNCC(C)COP(=O)([O-])OCCOP(=O)([O-])O.CNCC(C)COP(=O)([O-])OCCOP(=O)([O-])O.CNCC(CO)COP(=O)([O-])OCCOP(=O)([O-])OCCOP(=O)([O-])OCCOP(=O)([O-])OCCOP(=O)([O-])OCC(CNC)COP(=O)([O-])O. The average molecular weight is 1480 g/mol. The van der Waals surface area contributed by atoms with Crippen LogP contribution in [0.2, 0.25) is 0 Å². The number of phosphoric acid groups is 10. The second-order valence-corrected chi connectivity index (χ2v) is 29.8. The van der Waals surface area contributed by atoms with Crippen molar-refractivity contribution in [3.05, 3.63) is 0 Å². The second kappa shape index (κ2) is 47.7. The van der Waals surface area contributed by atoms with E-state index in [4.69, 9.17) is 19.8 Å². The fraction of sp³-hybridized carbons (Fsp3) is 1.00. The van der Waals surface area contributed by atoms with Gasteiger partial charge in [0, 0.05) is 31.5 Å². The van der Waals surface area contributed by atoms with Crippen LogP contribution in [0, 0.1) is 23.7 Å². The van der Waals surface area contributed by atoms with Crippen LogP contribution in [0.25, 0.3) is 0 Å². The van der Waals surface area contributed by atoms with Crippen molar-refractivity contribution in [2.75, 3.05) is 173 Å². The predicted octanol–water partition coefficient (Wildman–Crippen LogP) is -6.72. The van der Waals surface area contributed by atoms with Crippen molar-refractivity contribution >= 4 is 78.2 Å². The Bertz CT molecular complexity index is 2260. The molecule has 0 aliphatic carbocycles. The summed E-state index contributed by atoms with van der Waals surface area (Å²) in [6, 6.07) is 0. The maximum Gasteiger partial charge on any atom is 0.268 e. The van der Waals surface area contributed by atoms with E-state index in [-0.39, 0.29) is 44.7 Å². The molecule has 0 heterocycles. The maximum absolute atomic E-state index is 11.8. The Morgan fingerprint density at radius 2 is 0.471 bits per heavy atom. The van der Waals surface area contributed by atoms with E-state index in [1.54, 1.807) is 35.0 Å². The van der Waals surface area contributed by atoms with Gasteiger partial charge in [-0.1, -0.05) is 13.8 Å². The molecule has 0 fully saturated rings. The lowest BCUT2D eigenvalue weighted by Crippen LogP contribution is -2.28. The number of aliphatic hydroxyl groups excluding tert-OH is 1. The van der Waals surface area contributed by atoms with E-state index in [9.17, 15) is 94.6 Å². The van der Waals surface area contributed by atoms with Crippen molar-refractivity contribution in [2.24, 2.45) is 23.7 Å². The lowest BCUT2D eigenvalue weighted by Gasteiger charge is -2.28. The van der Waals surface area contributed by atoms with Gasteiger partial charge >= 0.3 is 0 Å². The fourth-order valence-electron chi connectivity index (χ4n) is 4.82. The summed E-state index contributed by atoms with van der Waals surface area (Å²) in [5.41, 5.74) is 0. The van der Waals surface area contributed by atoms with E-state index in [1.165, 1.54) is 7.05 Å². The zero-order valence-corrected chi connectivity index (χ0v) is 56.2. The van der Waals surface area contributed by atoms with Crippen molar-refractivity contribution in [3.8, 4) is 0 Å². The topological polar surface area (TPSA) is 687 Å². The van der Waals surface area contributed by atoms with Crippen LogP contribution in [-0.4, -0.2) is 193 Å². The highest BCUT2D eigenvalue weighted by Crippen LogP contribution is 2.45. The largest absolute Gasteiger partial charge is 0.756 e. The van der Waals surface area contributed by atoms with Gasteiger partial charge in [0.25, 0.3) is 78.2 Å². The number of aliphatic hydroxyl groups is 1. The van der Waals surface area contributed by atoms with E-state index in [1.807, 2.05) is 0 Å². The van der Waals surface area contributed by atoms with Gasteiger partial charge < -0.3 is 167 Å². The Balaban J connectivity index is -0.00000158. The van der Waals surface area contributed by atoms with Crippen LogP contribution in [0.15, 0.2) is 0 Å². The molecule has 0 spiro atoms. The van der Waals surface area contributed by atoms with Gasteiger partial charge in [0.1, 0.15) is 0 Å². The smallest absolute Gasteiger partial charge is 0.268 e. The van der Waals surface area contributed by atoms with Crippen LogP contribution >= 0.6 is 78.2 Å². The van der Waals surface area contributed by atoms with Gasteiger partial charge in [-0.2, -0.15) is 0 Å². The molecule has 528 valence electrons. The minimum absolute atomic E-state index is 0.00562. The van der Waals surface area contributed by atoms with E-state index in [2.05, 4.69) is 98.2 Å². The van der Waals surface area contributed by atoms with Gasteiger partial charge in [0.15, 0.2) is 0 Å². The standard InChI is InChI=1S/C18H46N2O25P6.2C7H19NO8P2/c1-19-11-17(13-21)14-44-50(31,32)41-9-7-39-48(27,28)37-5-3-35-47(25,26)36-4-6-38-49(29,30)40-8-10-42-51(33,34)45-16-18(12-20-2)15-43-46(22,23)24;2*1-7(5-8-2)6-16-18(12,13)15-4-3-14-17(9,10)11/h17-21H,3-16H2,1-2H3,(H,25,26)(H,27,28)(H,29,30)(H,31,32)(H,33,34)(H2,22,23,24);2*7-8H,3-6H2,1-2H3,(H,12,13)(H2,9,10,11)/p-10. The van der Waals surface area contributed by atoms with E-state index in [0.717, 1.165) is 0 Å². The molecule has 0 amide bonds. The Kier molecular flexibility index (Phi) is 50.5. The first kappa shape index (κ1) is 92.1. The van der Waals surface area contributed by atoms with Crippen molar-refractivity contribution < 1.29 is 191 Å². The Hall–Kier alpha value is 0.900. The van der Waals surface area contributed by atoms with Crippen LogP contribution in [0.3, 0.4) is 0 Å². The van der Waals surface area contributed by atoms with Gasteiger partial charge in [-0.3, -0.25) is 45.7 Å².